The molecule has 1 aliphatic heterocycles. The van der Waals surface area contributed by atoms with Crippen LogP contribution in [0.5, 0.6) is 17.2 Å². The number of allylic oxidation sites excluding steroid dienone is 1. The van der Waals surface area contributed by atoms with E-state index in [1.807, 2.05) is 25.1 Å². The monoisotopic (exact) mass is 327 g/mol. The van der Waals surface area contributed by atoms with Gasteiger partial charge in [0.15, 0.2) is 11.5 Å². The maximum atomic E-state index is 9.49. The van der Waals surface area contributed by atoms with Gasteiger partial charge >= 0.3 is 0 Å². The van der Waals surface area contributed by atoms with Crippen molar-refractivity contribution < 1.29 is 14.2 Å². The van der Waals surface area contributed by atoms with E-state index in [4.69, 9.17) is 25.8 Å². The SMILES string of the molecule is CCOc1cc2c(cc1/C=C(\C#N)c1cccc(Cl)c1)OCO2. The molecule has 3 rings (SSSR count). The second-order valence-corrected chi connectivity index (χ2v) is 5.29. The molecule has 0 aromatic heterocycles. The summed E-state index contributed by atoms with van der Waals surface area (Å²) in [7, 11) is 0. The van der Waals surface area contributed by atoms with Gasteiger partial charge < -0.3 is 14.2 Å². The van der Waals surface area contributed by atoms with Crippen molar-refractivity contribution >= 4 is 23.3 Å². The first-order chi connectivity index (χ1) is 11.2. The normalized spacial score (nSPS) is 12.8. The van der Waals surface area contributed by atoms with Gasteiger partial charge in [0.1, 0.15) is 5.75 Å². The van der Waals surface area contributed by atoms with Crippen molar-refractivity contribution in [3.8, 4) is 23.3 Å². The molecule has 0 unspecified atom stereocenters. The molecule has 0 fully saturated rings. The van der Waals surface area contributed by atoms with Gasteiger partial charge in [0.2, 0.25) is 6.79 Å². The third-order valence-electron chi connectivity index (χ3n) is 3.36. The lowest BCUT2D eigenvalue weighted by atomic mass is 10.0. The average molecular weight is 328 g/mol. The van der Waals surface area contributed by atoms with E-state index in [9.17, 15) is 5.26 Å². The van der Waals surface area contributed by atoms with Gasteiger partial charge in [-0.1, -0.05) is 23.7 Å². The number of benzene rings is 2. The maximum absolute atomic E-state index is 9.49. The Bertz CT molecular complexity index is 808. The van der Waals surface area contributed by atoms with Crippen LogP contribution in [-0.2, 0) is 0 Å². The van der Waals surface area contributed by atoms with Crippen molar-refractivity contribution in [1.82, 2.24) is 0 Å². The van der Waals surface area contributed by atoms with Gasteiger partial charge in [-0.05, 0) is 36.8 Å². The summed E-state index contributed by atoms with van der Waals surface area (Å²) >= 11 is 6.01. The van der Waals surface area contributed by atoms with Gasteiger partial charge in [-0.15, -0.1) is 0 Å². The van der Waals surface area contributed by atoms with Crippen LogP contribution in [0.1, 0.15) is 18.1 Å². The summed E-state index contributed by atoms with van der Waals surface area (Å²) in [5, 5.41) is 10.1. The summed E-state index contributed by atoms with van der Waals surface area (Å²) in [5.41, 5.74) is 2.00. The minimum Gasteiger partial charge on any atom is -0.493 e. The fraction of sp³-hybridized carbons (Fsp3) is 0.167. The standard InChI is InChI=1S/C18H14ClNO3/c1-2-21-16-9-18-17(22-11-23-18)8-13(16)6-14(10-20)12-4-3-5-15(19)7-12/h3-9H,2,11H2,1H3/b14-6+. The van der Waals surface area contributed by atoms with Crippen molar-refractivity contribution in [1.29, 1.82) is 5.26 Å². The van der Waals surface area contributed by atoms with Crippen molar-refractivity contribution in [2.45, 2.75) is 6.92 Å². The number of halogens is 1. The molecule has 0 atom stereocenters. The van der Waals surface area contributed by atoms with Crippen LogP contribution in [0.4, 0.5) is 0 Å². The predicted octanol–water partition coefficient (Wildman–Crippen LogP) is 4.53. The van der Waals surface area contributed by atoms with E-state index in [2.05, 4.69) is 6.07 Å². The average Bonchev–Trinajstić information content (AvgIpc) is 3.00. The summed E-state index contributed by atoms with van der Waals surface area (Å²) in [6, 6.07) is 13.0. The minimum atomic E-state index is 0.188. The van der Waals surface area contributed by atoms with E-state index < -0.39 is 0 Å². The quantitative estimate of drug-likeness (QED) is 0.611. The Morgan fingerprint density at radius 3 is 2.78 bits per heavy atom. The topological polar surface area (TPSA) is 51.5 Å². The highest BCUT2D eigenvalue weighted by atomic mass is 35.5. The molecule has 116 valence electrons. The number of nitrogens with zero attached hydrogens (tertiary/aromatic N) is 1. The van der Waals surface area contributed by atoms with E-state index >= 15 is 0 Å². The molecule has 5 heteroatoms. The lowest BCUT2D eigenvalue weighted by Crippen LogP contribution is -1.94. The predicted molar refractivity (Wildman–Crippen MR) is 88.7 cm³/mol. The van der Waals surface area contributed by atoms with Gasteiger partial charge in [0.25, 0.3) is 0 Å². The van der Waals surface area contributed by atoms with Gasteiger partial charge in [-0.2, -0.15) is 5.26 Å². The fourth-order valence-electron chi connectivity index (χ4n) is 2.32. The highest BCUT2D eigenvalue weighted by molar-refractivity contribution is 6.30. The molecule has 1 aliphatic rings. The van der Waals surface area contributed by atoms with Crippen LogP contribution in [0.2, 0.25) is 5.02 Å². The Kier molecular flexibility index (Phi) is 4.40. The molecule has 0 N–H and O–H groups in total. The van der Waals surface area contributed by atoms with Crippen molar-refractivity contribution in [2.24, 2.45) is 0 Å². The van der Waals surface area contributed by atoms with Crippen LogP contribution in [0, 0.1) is 11.3 Å². The zero-order chi connectivity index (χ0) is 16.2. The van der Waals surface area contributed by atoms with Gasteiger partial charge in [0, 0.05) is 16.7 Å². The van der Waals surface area contributed by atoms with Gasteiger partial charge in [-0.25, -0.2) is 0 Å². The number of rotatable bonds is 4. The van der Waals surface area contributed by atoms with Crippen LogP contribution in [0.25, 0.3) is 11.6 Å². The summed E-state index contributed by atoms with van der Waals surface area (Å²) in [4.78, 5) is 0. The highest BCUT2D eigenvalue weighted by Crippen LogP contribution is 2.39. The van der Waals surface area contributed by atoms with E-state index in [0.717, 1.165) is 11.1 Å². The van der Waals surface area contributed by atoms with Crippen LogP contribution in [0.3, 0.4) is 0 Å². The first-order valence-corrected chi connectivity index (χ1v) is 7.53. The molecule has 1 heterocycles. The molecular formula is C18H14ClNO3. The van der Waals surface area contributed by atoms with Crippen LogP contribution in [-0.4, -0.2) is 13.4 Å². The van der Waals surface area contributed by atoms with E-state index in [1.54, 1.807) is 24.3 Å². The lowest BCUT2D eigenvalue weighted by Gasteiger charge is -2.09. The molecule has 0 spiro atoms. The number of fused-ring (bicyclic) bond motifs is 1. The highest BCUT2D eigenvalue weighted by Gasteiger charge is 2.17. The summed E-state index contributed by atoms with van der Waals surface area (Å²) in [5.74, 6) is 1.93. The summed E-state index contributed by atoms with van der Waals surface area (Å²) in [6.45, 7) is 2.60. The summed E-state index contributed by atoms with van der Waals surface area (Å²) < 4.78 is 16.4. The van der Waals surface area contributed by atoms with Crippen LogP contribution in [0.15, 0.2) is 36.4 Å². The molecular weight excluding hydrogens is 314 g/mol. The third kappa shape index (κ3) is 3.25. The number of ether oxygens (including phenoxy) is 3. The zero-order valence-electron chi connectivity index (χ0n) is 12.5. The first kappa shape index (κ1) is 15.3. The smallest absolute Gasteiger partial charge is 0.231 e. The Morgan fingerprint density at radius 1 is 1.30 bits per heavy atom. The molecule has 0 radical (unpaired) electrons. The van der Waals surface area contributed by atoms with E-state index in [-0.39, 0.29) is 6.79 Å². The molecule has 4 nitrogen and oxygen atoms in total. The zero-order valence-corrected chi connectivity index (χ0v) is 13.3. The molecule has 0 amide bonds. The number of nitriles is 1. The number of hydrogen-bond donors (Lipinski definition) is 0. The number of hydrogen-bond acceptors (Lipinski definition) is 4. The molecule has 0 aliphatic carbocycles. The summed E-state index contributed by atoms with van der Waals surface area (Å²) in [6.07, 6.45) is 1.76. The molecule has 0 bridgehead atoms. The first-order valence-electron chi connectivity index (χ1n) is 7.15. The van der Waals surface area contributed by atoms with Crippen molar-refractivity contribution in [3.05, 3.63) is 52.5 Å². The molecule has 2 aromatic rings. The Hall–Kier alpha value is -2.64. The second kappa shape index (κ2) is 6.64. The fourth-order valence-corrected chi connectivity index (χ4v) is 2.51. The molecule has 0 saturated heterocycles. The molecule has 23 heavy (non-hydrogen) atoms. The Morgan fingerprint density at radius 2 is 2.09 bits per heavy atom. The third-order valence-corrected chi connectivity index (χ3v) is 3.60. The molecule has 0 saturated carbocycles. The lowest BCUT2D eigenvalue weighted by molar-refractivity contribution is 0.174. The Labute approximate surface area is 139 Å². The second-order valence-electron chi connectivity index (χ2n) is 4.86. The Balaban J connectivity index is 2.07. The van der Waals surface area contributed by atoms with Crippen molar-refractivity contribution in [3.63, 3.8) is 0 Å². The van der Waals surface area contributed by atoms with E-state index in [0.29, 0.717) is 34.5 Å². The minimum absolute atomic E-state index is 0.188. The van der Waals surface area contributed by atoms with Gasteiger partial charge in [-0.3, -0.25) is 0 Å². The van der Waals surface area contributed by atoms with Crippen LogP contribution >= 0.6 is 11.6 Å². The van der Waals surface area contributed by atoms with E-state index in [1.165, 1.54) is 0 Å². The largest absolute Gasteiger partial charge is 0.493 e. The van der Waals surface area contributed by atoms with Gasteiger partial charge in [0.05, 0.1) is 18.2 Å². The maximum Gasteiger partial charge on any atom is 0.231 e. The molecule has 2 aromatic carbocycles. The van der Waals surface area contributed by atoms with Crippen molar-refractivity contribution in [2.75, 3.05) is 13.4 Å². The van der Waals surface area contributed by atoms with Crippen LogP contribution < -0.4 is 14.2 Å².